The molecule has 0 atom stereocenters. The Kier molecular flexibility index (Phi) is 6.12. The van der Waals surface area contributed by atoms with Gasteiger partial charge in [-0.2, -0.15) is 4.31 Å². The van der Waals surface area contributed by atoms with Gasteiger partial charge in [-0.25, -0.2) is 8.42 Å². The second kappa shape index (κ2) is 8.96. The molecule has 0 spiro atoms. The maximum atomic E-state index is 13.1. The summed E-state index contributed by atoms with van der Waals surface area (Å²) in [4.78, 5) is 14.9. The van der Waals surface area contributed by atoms with Crippen LogP contribution in [0.25, 0.3) is 10.8 Å². The SMILES string of the molecule is C#CCN(Cc1ccco1)C(=O)C1CCN(S(=O)(=O)c2ccc3ccccc3c2)CC1. The monoisotopic (exact) mass is 436 g/mol. The summed E-state index contributed by atoms with van der Waals surface area (Å²) < 4.78 is 33.1. The molecule has 1 fully saturated rings. The lowest BCUT2D eigenvalue weighted by molar-refractivity contribution is -0.137. The number of carbonyl (C=O) groups excluding carboxylic acids is 1. The maximum absolute atomic E-state index is 13.1. The van der Waals surface area contributed by atoms with Gasteiger partial charge in [-0.05, 0) is 47.9 Å². The highest BCUT2D eigenvalue weighted by Crippen LogP contribution is 2.27. The van der Waals surface area contributed by atoms with E-state index in [0.717, 1.165) is 10.8 Å². The van der Waals surface area contributed by atoms with Crippen molar-refractivity contribution in [2.45, 2.75) is 24.3 Å². The van der Waals surface area contributed by atoms with Gasteiger partial charge in [-0.1, -0.05) is 36.3 Å². The third kappa shape index (κ3) is 4.50. The highest BCUT2D eigenvalue weighted by atomic mass is 32.2. The zero-order chi connectivity index (χ0) is 21.8. The number of amides is 1. The summed E-state index contributed by atoms with van der Waals surface area (Å²) in [5.74, 6) is 2.88. The van der Waals surface area contributed by atoms with Crippen LogP contribution in [0.3, 0.4) is 0 Å². The first-order chi connectivity index (χ1) is 15.0. The fraction of sp³-hybridized carbons (Fsp3) is 0.292. The van der Waals surface area contributed by atoms with Crippen LogP contribution in [0.15, 0.2) is 70.2 Å². The first-order valence-corrected chi connectivity index (χ1v) is 11.7. The number of hydrogen-bond donors (Lipinski definition) is 0. The van der Waals surface area contributed by atoms with Gasteiger partial charge in [0.25, 0.3) is 0 Å². The second-order valence-corrected chi connectivity index (χ2v) is 9.60. The van der Waals surface area contributed by atoms with Gasteiger partial charge < -0.3 is 9.32 Å². The number of benzene rings is 2. The predicted octanol–water partition coefficient (Wildman–Crippen LogP) is 3.50. The largest absolute Gasteiger partial charge is 0.467 e. The Balaban J connectivity index is 1.44. The summed E-state index contributed by atoms with van der Waals surface area (Å²) >= 11 is 0. The number of furan rings is 1. The van der Waals surface area contributed by atoms with E-state index in [2.05, 4.69) is 5.92 Å². The normalized spacial score (nSPS) is 15.6. The molecule has 0 radical (unpaired) electrons. The van der Waals surface area contributed by atoms with Crippen LogP contribution in [0.5, 0.6) is 0 Å². The molecule has 2 aromatic carbocycles. The van der Waals surface area contributed by atoms with Crippen molar-refractivity contribution in [3.05, 3.63) is 66.6 Å². The number of piperidine rings is 1. The van der Waals surface area contributed by atoms with E-state index in [1.165, 1.54) is 4.31 Å². The molecule has 6 nitrogen and oxygen atoms in total. The maximum Gasteiger partial charge on any atom is 0.243 e. The van der Waals surface area contributed by atoms with Crippen molar-refractivity contribution in [3.8, 4) is 12.3 Å². The van der Waals surface area contributed by atoms with Gasteiger partial charge in [0.15, 0.2) is 0 Å². The Morgan fingerprint density at radius 1 is 1.10 bits per heavy atom. The molecule has 0 N–H and O–H groups in total. The molecule has 1 aromatic heterocycles. The van der Waals surface area contributed by atoms with E-state index in [-0.39, 0.29) is 23.3 Å². The number of sulfonamides is 1. The Morgan fingerprint density at radius 2 is 1.84 bits per heavy atom. The Bertz CT molecular complexity index is 1200. The van der Waals surface area contributed by atoms with E-state index in [0.29, 0.717) is 38.2 Å². The molecule has 1 amide bonds. The first kappa shape index (κ1) is 21.2. The average Bonchev–Trinajstić information content (AvgIpc) is 3.31. The van der Waals surface area contributed by atoms with Crippen molar-refractivity contribution >= 4 is 26.7 Å². The van der Waals surface area contributed by atoms with E-state index in [1.54, 1.807) is 35.4 Å². The van der Waals surface area contributed by atoms with Crippen LogP contribution < -0.4 is 0 Å². The molecule has 7 heteroatoms. The molecule has 1 aliphatic rings. The van der Waals surface area contributed by atoms with Crippen molar-refractivity contribution in [1.29, 1.82) is 0 Å². The third-order valence-corrected chi connectivity index (χ3v) is 7.58. The van der Waals surface area contributed by atoms with Crippen LogP contribution >= 0.6 is 0 Å². The average molecular weight is 437 g/mol. The van der Waals surface area contributed by atoms with Crippen LogP contribution in [0.1, 0.15) is 18.6 Å². The highest BCUT2D eigenvalue weighted by molar-refractivity contribution is 7.89. The predicted molar refractivity (Wildman–Crippen MR) is 118 cm³/mol. The first-order valence-electron chi connectivity index (χ1n) is 10.2. The molecule has 2 heterocycles. The van der Waals surface area contributed by atoms with E-state index in [1.807, 2.05) is 30.3 Å². The highest BCUT2D eigenvalue weighted by Gasteiger charge is 2.34. The molecule has 4 rings (SSSR count). The molecule has 1 saturated heterocycles. The molecule has 0 aliphatic carbocycles. The smallest absolute Gasteiger partial charge is 0.243 e. The Labute approximate surface area is 182 Å². The molecular formula is C24H24N2O4S. The lowest BCUT2D eigenvalue weighted by atomic mass is 9.96. The van der Waals surface area contributed by atoms with Gasteiger partial charge in [0.05, 0.1) is 24.2 Å². The summed E-state index contributed by atoms with van der Waals surface area (Å²) in [7, 11) is -3.61. The summed E-state index contributed by atoms with van der Waals surface area (Å²) in [6.45, 7) is 1.10. The Hall–Kier alpha value is -3.08. The summed E-state index contributed by atoms with van der Waals surface area (Å²) in [6, 6.07) is 16.4. The standard InChI is InChI=1S/C24H24N2O4S/c1-2-13-25(18-22-8-5-16-30-22)24(27)20-11-14-26(15-12-20)31(28,29)23-10-9-19-6-3-4-7-21(19)17-23/h1,3-10,16-17,20H,11-15,18H2. The van der Waals surface area contributed by atoms with Crippen molar-refractivity contribution in [2.75, 3.05) is 19.6 Å². The lowest BCUT2D eigenvalue weighted by Crippen LogP contribution is -2.44. The van der Waals surface area contributed by atoms with Gasteiger partial charge in [-0.15, -0.1) is 6.42 Å². The van der Waals surface area contributed by atoms with Crippen molar-refractivity contribution in [2.24, 2.45) is 5.92 Å². The summed E-state index contributed by atoms with van der Waals surface area (Å²) in [5.41, 5.74) is 0. The van der Waals surface area contributed by atoms with E-state index in [4.69, 9.17) is 10.8 Å². The van der Waals surface area contributed by atoms with E-state index in [9.17, 15) is 13.2 Å². The number of hydrogen-bond acceptors (Lipinski definition) is 4. The van der Waals surface area contributed by atoms with Gasteiger partial charge >= 0.3 is 0 Å². The molecule has 1 aliphatic heterocycles. The molecular weight excluding hydrogens is 412 g/mol. The number of fused-ring (bicyclic) bond motifs is 1. The van der Waals surface area contributed by atoms with Crippen molar-refractivity contribution in [3.63, 3.8) is 0 Å². The number of rotatable bonds is 6. The summed E-state index contributed by atoms with van der Waals surface area (Å²) in [5, 5.41) is 1.88. The van der Waals surface area contributed by atoms with Gasteiger partial charge in [0.1, 0.15) is 5.76 Å². The minimum absolute atomic E-state index is 0.0582. The minimum atomic E-state index is -3.61. The molecule has 3 aromatic rings. The van der Waals surface area contributed by atoms with E-state index >= 15 is 0 Å². The van der Waals surface area contributed by atoms with Crippen molar-refractivity contribution < 1.29 is 17.6 Å². The fourth-order valence-corrected chi connectivity index (χ4v) is 5.50. The quantitative estimate of drug-likeness (QED) is 0.555. The lowest BCUT2D eigenvalue weighted by Gasteiger charge is -2.33. The molecule has 0 saturated carbocycles. The fourth-order valence-electron chi connectivity index (χ4n) is 3.99. The number of carbonyl (C=O) groups is 1. The van der Waals surface area contributed by atoms with Crippen LogP contribution in [0.4, 0.5) is 0 Å². The molecule has 0 bridgehead atoms. The topological polar surface area (TPSA) is 70.8 Å². The Morgan fingerprint density at radius 3 is 2.52 bits per heavy atom. The second-order valence-electron chi connectivity index (χ2n) is 7.67. The molecule has 0 unspecified atom stereocenters. The van der Waals surface area contributed by atoms with E-state index < -0.39 is 10.0 Å². The van der Waals surface area contributed by atoms with Gasteiger partial charge in [-0.3, -0.25) is 4.79 Å². The number of terminal acetylenes is 1. The number of nitrogens with zero attached hydrogens (tertiary/aromatic N) is 2. The van der Waals surface area contributed by atoms with Crippen LogP contribution in [0, 0.1) is 18.3 Å². The van der Waals surface area contributed by atoms with Crippen LogP contribution in [-0.4, -0.2) is 43.2 Å². The summed E-state index contributed by atoms with van der Waals surface area (Å²) in [6.07, 6.45) is 7.93. The zero-order valence-electron chi connectivity index (χ0n) is 17.1. The minimum Gasteiger partial charge on any atom is -0.467 e. The van der Waals surface area contributed by atoms with Gasteiger partial charge in [0, 0.05) is 19.0 Å². The molecule has 160 valence electrons. The van der Waals surface area contributed by atoms with Crippen LogP contribution in [0.2, 0.25) is 0 Å². The molecule has 31 heavy (non-hydrogen) atoms. The van der Waals surface area contributed by atoms with Gasteiger partial charge in [0.2, 0.25) is 15.9 Å². The van der Waals surface area contributed by atoms with Crippen LogP contribution in [-0.2, 0) is 21.4 Å². The third-order valence-electron chi connectivity index (χ3n) is 5.68. The van der Waals surface area contributed by atoms with Crippen molar-refractivity contribution in [1.82, 2.24) is 9.21 Å². The zero-order valence-corrected chi connectivity index (χ0v) is 17.9.